The SMILES string of the molecule is CC.CC.CCC12C[C@@]13CCc1ccccc1C(=N)N(c1c(C(C)C)cccc1C(C)C)C(=N3)c1ccc(C#N)cc12. The standard InChI is InChI=1S/C34H36N4.2C2H6/c1-6-33-20-34(33)17-16-24-10-7-8-11-27(24)31(36)38(30-25(21(2)3)12-9-13-26(30)22(4)5)32(37-34)28-15-14-23(19-35)18-29(28)33;2*1-2/h7-15,18,21-22,36H,6,16-17,20H2,1-5H3;2*1-2H3/t33?,34-;;/m0../s1. The van der Waals surface area contributed by atoms with Gasteiger partial charge < -0.3 is 0 Å². The lowest BCUT2D eigenvalue weighted by Crippen LogP contribution is -2.43. The third kappa shape index (κ3) is 4.77. The Morgan fingerprint density at radius 1 is 0.905 bits per heavy atom. The average Bonchev–Trinajstić information content (AvgIpc) is 3.70. The second kappa shape index (κ2) is 12.3. The van der Waals surface area contributed by atoms with E-state index in [1.807, 2.05) is 39.8 Å². The number of fused-ring (bicyclic) bond motifs is 4. The molecule has 3 aromatic rings. The van der Waals surface area contributed by atoms with Crippen LogP contribution in [-0.4, -0.2) is 17.2 Å². The molecule has 1 unspecified atom stereocenters. The fourth-order valence-corrected chi connectivity index (χ4v) is 7.14. The second-order valence-electron chi connectivity index (χ2n) is 11.9. The molecule has 1 spiro atoms. The first kappa shape index (κ1) is 31.2. The van der Waals surface area contributed by atoms with Crippen molar-refractivity contribution in [3.63, 3.8) is 0 Å². The molecule has 220 valence electrons. The van der Waals surface area contributed by atoms with Crippen molar-refractivity contribution in [2.75, 3.05) is 4.90 Å². The van der Waals surface area contributed by atoms with Crippen LogP contribution in [-0.2, 0) is 11.8 Å². The molecule has 2 atom stereocenters. The van der Waals surface area contributed by atoms with Crippen LogP contribution in [0.2, 0.25) is 0 Å². The predicted octanol–water partition coefficient (Wildman–Crippen LogP) is 9.89. The van der Waals surface area contributed by atoms with Gasteiger partial charge in [0.2, 0.25) is 0 Å². The molecule has 2 heterocycles. The molecule has 3 aliphatic rings. The Balaban J connectivity index is 0.000000972. The number of aryl methyl sites for hydroxylation is 1. The molecule has 0 amide bonds. The molecule has 0 radical (unpaired) electrons. The molecular weight excluding hydrogens is 512 g/mol. The van der Waals surface area contributed by atoms with Crippen molar-refractivity contribution in [1.29, 1.82) is 10.7 Å². The monoisotopic (exact) mass is 560 g/mol. The predicted molar refractivity (Wildman–Crippen MR) is 178 cm³/mol. The van der Waals surface area contributed by atoms with Crippen LogP contribution in [0.5, 0.6) is 0 Å². The van der Waals surface area contributed by atoms with Gasteiger partial charge in [-0.1, -0.05) is 105 Å². The molecule has 2 bridgehead atoms. The molecule has 1 N–H and O–H groups in total. The highest BCUT2D eigenvalue weighted by molar-refractivity contribution is 6.30. The van der Waals surface area contributed by atoms with Crippen LogP contribution in [0.25, 0.3) is 0 Å². The second-order valence-corrected chi connectivity index (χ2v) is 11.9. The number of rotatable bonds is 4. The summed E-state index contributed by atoms with van der Waals surface area (Å²) in [6, 6.07) is 23.5. The topological polar surface area (TPSA) is 63.2 Å². The van der Waals surface area contributed by atoms with Crippen molar-refractivity contribution >= 4 is 17.4 Å². The molecule has 1 aliphatic carbocycles. The highest BCUT2D eigenvalue weighted by atomic mass is 15.3. The summed E-state index contributed by atoms with van der Waals surface area (Å²) in [6.07, 6.45) is 3.82. The van der Waals surface area contributed by atoms with E-state index < -0.39 is 0 Å². The minimum atomic E-state index is -0.209. The van der Waals surface area contributed by atoms with E-state index in [2.05, 4.69) is 94.1 Å². The van der Waals surface area contributed by atoms with Crippen molar-refractivity contribution in [2.45, 2.75) is 111 Å². The number of amidine groups is 2. The fraction of sp³-hybridized carbons (Fsp3) is 0.447. The molecule has 3 aromatic carbocycles. The molecule has 6 rings (SSSR count). The van der Waals surface area contributed by atoms with E-state index in [4.69, 9.17) is 4.99 Å². The zero-order chi connectivity index (χ0) is 30.8. The van der Waals surface area contributed by atoms with E-state index in [1.54, 1.807) is 0 Å². The average molecular weight is 561 g/mol. The maximum absolute atomic E-state index is 9.80. The Hall–Kier alpha value is -3.71. The smallest absolute Gasteiger partial charge is 0.142 e. The summed E-state index contributed by atoms with van der Waals surface area (Å²) in [5.41, 5.74) is 8.48. The Morgan fingerprint density at radius 3 is 2.14 bits per heavy atom. The Bertz CT molecular complexity index is 1510. The Kier molecular flexibility index (Phi) is 9.12. The highest BCUT2D eigenvalue weighted by Gasteiger charge is 2.69. The Morgan fingerprint density at radius 2 is 1.55 bits per heavy atom. The maximum atomic E-state index is 9.80. The summed E-state index contributed by atoms with van der Waals surface area (Å²) >= 11 is 0. The van der Waals surface area contributed by atoms with Crippen molar-refractivity contribution in [3.05, 3.63) is 99.6 Å². The zero-order valence-electron chi connectivity index (χ0n) is 27.1. The Labute approximate surface area is 254 Å². The summed E-state index contributed by atoms with van der Waals surface area (Å²) in [5.74, 6) is 1.91. The van der Waals surface area contributed by atoms with Crippen molar-refractivity contribution < 1.29 is 0 Å². The van der Waals surface area contributed by atoms with Gasteiger partial charge in [-0.2, -0.15) is 5.26 Å². The van der Waals surface area contributed by atoms with Gasteiger partial charge in [-0.3, -0.25) is 15.3 Å². The first-order chi connectivity index (χ1) is 20.3. The summed E-state index contributed by atoms with van der Waals surface area (Å²) in [5, 5.41) is 19.6. The van der Waals surface area contributed by atoms with Gasteiger partial charge in [-0.05, 0) is 78.0 Å². The number of anilines is 1. The van der Waals surface area contributed by atoms with Gasteiger partial charge in [0, 0.05) is 16.5 Å². The van der Waals surface area contributed by atoms with Gasteiger partial charge in [-0.25, -0.2) is 0 Å². The van der Waals surface area contributed by atoms with Gasteiger partial charge in [0.1, 0.15) is 11.7 Å². The fourth-order valence-electron chi connectivity index (χ4n) is 7.14. The quantitative estimate of drug-likeness (QED) is 0.345. The molecule has 1 saturated carbocycles. The van der Waals surface area contributed by atoms with E-state index in [-0.39, 0.29) is 22.8 Å². The highest BCUT2D eigenvalue weighted by Crippen LogP contribution is 2.67. The van der Waals surface area contributed by atoms with Crippen LogP contribution in [0.15, 0.2) is 65.7 Å². The number of para-hydroxylation sites is 1. The normalized spacial score (nSPS) is 21.5. The van der Waals surface area contributed by atoms with Gasteiger partial charge in [-0.15, -0.1) is 0 Å². The largest absolute Gasteiger partial charge is 0.283 e. The van der Waals surface area contributed by atoms with Gasteiger partial charge in [0.25, 0.3) is 0 Å². The van der Waals surface area contributed by atoms with Crippen LogP contribution in [0.3, 0.4) is 0 Å². The number of nitrogens with zero attached hydrogens (tertiary/aromatic N) is 3. The molecule has 0 aromatic heterocycles. The first-order valence-electron chi connectivity index (χ1n) is 16.0. The van der Waals surface area contributed by atoms with Crippen LogP contribution < -0.4 is 4.90 Å². The summed E-state index contributed by atoms with van der Waals surface area (Å²) in [4.78, 5) is 7.82. The van der Waals surface area contributed by atoms with E-state index in [0.717, 1.165) is 48.3 Å². The van der Waals surface area contributed by atoms with E-state index in [9.17, 15) is 10.7 Å². The minimum absolute atomic E-state index is 0.0513. The van der Waals surface area contributed by atoms with Crippen molar-refractivity contribution in [1.82, 2.24) is 0 Å². The number of nitriles is 1. The number of nitrogens with one attached hydrogen (secondary N) is 1. The molecule has 1 fully saturated rings. The lowest BCUT2D eigenvalue weighted by atomic mass is 9.80. The molecule has 4 nitrogen and oxygen atoms in total. The number of hydrogen-bond acceptors (Lipinski definition) is 3. The lowest BCUT2D eigenvalue weighted by Gasteiger charge is -2.37. The maximum Gasteiger partial charge on any atom is 0.142 e. The third-order valence-corrected chi connectivity index (χ3v) is 9.27. The van der Waals surface area contributed by atoms with Gasteiger partial charge in [0.05, 0.1) is 22.9 Å². The van der Waals surface area contributed by atoms with Crippen LogP contribution in [0, 0.1) is 16.7 Å². The zero-order valence-corrected chi connectivity index (χ0v) is 27.1. The third-order valence-electron chi connectivity index (χ3n) is 9.27. The number of aliphatic imine (C=N–C) groups is 1. The van der Waals surface area contributed by atoms with Gasteiger partial charge >= 0.3 is 0 Å². The summed E-state index contributed by atoms with van der Waals surface area (Å²) < 4.78 is 0. The number of hydrogen-bond donors (Lipinski definition) is 1. The van der Waals surface area contributed by atoms with Crippen molar-refractivity contribution in [3.8, 4) is 6.07 Å². The first-order valence-corrected chi connectivity index (χ1v) is 16.0. The lowest BCUT2D eigenvalue weighted by molar-refractivity contribution is 0.481. The van der Waals surface area contributed by atoms with E-state index in [1.165, 1.54) is 22.3 Å². The van der Waals surface area contributed by atoms with Crippen molar-refractivity contribution in [2.24, 2.45) is 4.99 Å². The van der Waals surface area contributed by atoms with Crippen LogP contribution in [0.1, 0.15) is 132 Å². The summed E-state index contributed by atoms with van der Waals surface area (Å²) in [6.45, 7) is 19.2. The number of benzene rings is 3. The van der Waals surface area contributed by atoms with Crippen LogP contribution in [0.4, 0.5) is 5.69 Å². The molecule has 0 saturated heterocycles. The van der Waals surface area contributed by atoms with E-state index in [0.29, 0.717) is 11.4 Å². The minimum Gasteiger partial charge on any atom is -0.283 e. The van der Waals surface area contributed by atoms with E-state index >= 15 is 0 Å². The van der Waals surface area contributed by atoms with Crippen LogP contribution >= 0.6 is 0 Å². The van der Waals surface area contributed by atoms with Gasteiger partial charge in [0.15, 0.2) is 0 Å². The molecule has 2 aliphatic heterocycles. The molecular formula is C38H48N4. The summed E-state index contributed by atoms with van der Waals surface area (Å²) in [7, 11) is 0. The molecule has 42 heavy (non-hydrogen) atoms. The molecule has 4 heteroatoms.